The van der Waals surface area contributed by atoms with Gasteiger partial charge in [-0.05, 0) is 76.3 Å². The number of benzene rings is 2. The number of urea groups is 1. The number of ether oxygens (including phenoxy) is 1. The van der Waals surface area contributed by atoms with E-state index in [1.165, 1.54) is 5.69 Å². The largest absolute Gasteiger partial charge is 0.489 e. The minimum absolute atomic E-state index is 0.0973. The van der Waals surface area contributed by atoms with Crippen molar-refractivity contribution in [2.75, 3.05) is 36.4 Å². The second kappa shape index (κ2) is 10.9. The van der Waals surface area contributed by atoms with Crippen molar-refractivity contribution in [3.05, 3.63) is 54.1 Å². The SMILES string of the molecule is Cc1cccc(NC(=O)N[C@H]2CC[C@H](N3CCN(c4ccccc4OC(C)C)CC3)CC2)c1. The van der Waals surface area contributed by atoms with Crippen molar-refractivity contribution in [1.82, 2.24) is 10.2 Å². The first-order valence-corrected chi connectivity index (χ1v) is 12.4. The fraction of sp³-hybridized carbons (Fsp3) is 0.519. The molecule has 1 aliphatic heterocycles. The number of rotatable bonds is 6. The van der Waals surface area contributed by atoms with E-state index in [1.54, 1.807) is 0 Å². The molecule has 0 spiro atoms. The number of hydrogen-bond donors (Lipinski definition) is 2. The first kappa shape index (κ1) is 23.4. The van der Waals surface area contributed by atoms with Crippen LogP contribution in [0.4, 0.5) is 16.2 Å². The molecule has 4 rings (SSSR count). The maximum Gasteiger partial charge on any atom is 0.319 e. The zero-order valence-corrected chi connectivity index (χ0v) is 20.2. The van der Waals surface area contributed by atoms with Crippen LogP contribution in [0.3, 0.4) is 0 Å². The van der Waals surface area contributed by atoms with Gasteiger partial charge in [0.05, 0.1) is 11.8 Å². The molecule has 0 bridgehead atoms. The van der Waals surface area contributed by atoms with Crippen LogP contribution in [-0.2, 0) is 0 Å². The van der Waals surface area contributed by atoms with Gasteiger partial charge in [0.2, 0.25) is 0 Å². The molecule has 1 saturated heterocycles. The van der Waals surface area contributed by atoms with Crippen molar-refractivity contribution in [1.29, 1.82) is 0 Å². The molecule has 2 fully saturated rings. The Morgan fingerprint density at radius 3 is 2.39 bits per heavy atom. The molecule has 6 heteroatoms. The maximum atomic E-state index is 12.4. The monoisotopic (exact) mass is 450 g/mol. The minimum atomic E-state index is -0.0973. The molecule has 0 atom stereocenters. The number of anilines is 2. The van der Waals surface area contributed by atoms with Crippen molar-refractivity contribution >= 4 is 17.4 Å². The summed E-state index contributed by atoms with van der Waals surface area (Å²) in [6, 6.07) is 17.1. The van der Waals surface area contributed by atoms with Crippen LogP contribution < -0.4 is 20.3 Å². The van der Waals surface area contributed by atoms with E-state index in [2.05, 4.69) is 52.5 Å². The fourth-order valence-electron chi connectivity index (χ4n) is 5.06. The average molecular weight is 451 g/mol. The normalized spacial score (nSPS) is 21.6. The number of aryl methyl sites for hydroxylation is 1. The van der Waals surface area contributed by atoms with Crippen LogP contribution in [0, 0.1) is 6.92 Å². The van der Waals surface area contributed by atoms with Gasteiger partial charge < -0.3 is 20.3 Å². The standard InChI is InChI=1S/C27H38N4O2/c1-20(2)33-26-10-5-4-9-25(26)31-17-15-30(16-18-31)24-13-11-22(12-14-24)28-27(32)29-23-8-6-7-21(3)19-23/h4-10,19-20,22,24H,11-18H2,1-3H3,(H2,28,29,32)/t22-,24-. The fourth-order valence-corrected chi connectivity index (χ4v) is 5.06. The van der Waals surface area contributed by atoms with E-state index in [1.807, 2.05) is 37.3 Å². The predicted octanol–water partition coefficient (Wildman–Crippen LogP) is 5.04. The minimum Gasteiger partial charge on any atom is -0.489 e. The Labute approximate surface area is 198 Å². The van der Waals surface area contributed by atoms with Crippen LogP contribution in [0.1, 0.15) is 45.1 Å². The van der Waals surface area contributed by atoms with Gasteiger partial charge in [-0.15, -0.1) is 0 Å². The zero-order valence-electron chi connectivity index (χ0n) is 20.2. The molecule has 2 N–H and O–H groups in total. The Bertz CT molecular complexity index is 916. The lowest BCUT2D eigenvalue weighted by Crippen LogP contribution is -2.52. The first-order valence-electron chi connectivity index (χ1n) is 12.4. The highest BCUT2D eigenvalue weighted by atomic mass is 16.5. The van der Waals surface area contributed by atoms with Gasteiger partial charge in [0.1, 0.15) is 5.75 Å². The highest BCUT2D eigenvalue weighted by Crippen LogP contribution is 2.31. The Balaban J connectivity index is 1.22. The maximum absolute atomic E-state index is 12.4. The van der Waals surface area contributed by atoms with E-state index in [0.29, 0.717) is 6.04 Å². The summed E-state index contributed by atoms with van der Waals surface area (Å²) >= 11 is 0. The third-order valence-electron chi connectivity index (χ3n) is 6.71. The summed E-state index contributed by atoms with van der Waals surface area (Å²) in [5.41, 5.74) is 3.20. The first-order chi connectivity index (χ1) is 16.0. The van der Waals surface area contributed by atoms with Crippen LogP contribution in [0.2, 0.25) is 0 Å². The molecule has 2 amide bonds. The number of para-hydroxylation sites is 2. The Hall–Kier alpha value is -2.73. The molecular formula is C27H38N4O2. The molecule has 2 aromatic rings. The summed E-state index contributed by atoms with van der Waals surface area (Å²) in [5.74, 6) is 0.983. The van der Waals surface area contributed by atoms with Crippen LogP contribution in [0.25, 0.3) is 0 Å². The highest BCUT2D eigenvalue weighted by molar-refractivity contribution is 5.89. The van der Waals surface area contributed by atoms with Gasteiger partial charge in [0, 0.05) is 44.0 Å². The van der Waals surface area contributed by atoms with Crippen LogP contribution >= 0.6 is 0 Å². The smallest absolute Gasteiger partial charge is 0.319 e. The third-order valence-corrected chi connectivity index (χ3v) is 6.71. The number of carbonyl (C=O) groups excluding carboxylic acids is 1. The molecule has 0 unspecified atom stereocenters. The topological polar surface area (TPSA) is 56.8 Å². The van der Waals surface area contributed by atoms with E-state index < -0.39 is 0 Å². The third kappa shape index (κ3) is 6.41. The summed E-state index contributed by atoms with van der Waals surface area (Å²) in [6.45, 7) is 10.4. The van der Waals surface area contributed by atoms with Crippen molar-refractivity contribution < 1.29 is 9.53 Å². The van der Waals surface area contributed by atoms with Gasteiger partial charge in [-0.3, -0.25) is 4.90 Å². The summed E-state index contributed by atoms with van der Waals surface area (Å²) < 4.78 is 6.03. The predicted molar refractivity (Wildman–Crippen MR) is 135 cm³/mol. The molecule has 6 nitrogen and oxygen atoms in total. The van der Waals surface area contributed by atoms with Crippen LogP contribution in [-0.4, -0.2) is 55.3 Å². The number of carbonyl (C=O) groups is 1. The van der Waals surface area contributed by atoms with Crippen molar-refractivity contribution in [2.45, 2.75) is 64.6 Å². The van der Waals surface area contributed by atoms with Gasteiger partial charge >= 0.3 is 6.03 Å². The lowest BCUT2D eigenvalue weighted by molar-refractivity contribution is 0.137. The molecule has 1 heterocycles. The van der Waals surface area contributed by atoms with Gasteiger partial charge in [-0.25, -0.2) is 4.79 Å². The van der Waals surface area contributed by atoms with E-state index in [4.69, 9.17) is 4.74 Å². The quantitative estimate of drug-likeness (QED) is 0.648. The zero-order chi connectivity index (χ0) is 23.2. The molecule has 1 aliphatic carbocycles. The summed E-state index contributed by atoms with van der Waals surface area (Å²) in [4.78, 5) is 17.5. The molecule has 33 heavy (non-hydrogen) atoms. The van der Waals surface area contributed by atoms with Gasteiger partial charge in [0.15, 0.2) is 0 Å². The summed E-state index contributed by atoms with van der Waals surface area (Å²) in [6.07, 6.45) is 4.54. The molecule has 1 saturated carbocycles. The van der Waals surface area contributed by atoms with E-state index >= 15 is 0 Å². The Morgan fingerprint density at radius 2 is 1.70 bits per heavy atom. The summed E-state index contributed by atoms with van der Waals surface area (Å²) in [5, 5.41) is 6.13. The number of nitrogens with zero attached hydrogens (tertiary/aromatic N) is 2. The Morgan fingerprint density at radius 1 is 0.970 bits per heavy atom. The van der Waals surface area contributed by atoms with Gasteiger partial charge in [-0.1, -0.05) is 24.3 Å². The van der Waals surface area contributed by atoms with Crippen LogP contribution in [0.5, 0.6) is 5.75 Å². The Kier molecular flexibility index (Phi) is 7.76. The molecular weight excluding hydrogens is 412 g/mol. The van der Waals surface area contributed by atoms with Crippen molar-refractivity contribution in [3.8, 4) is 5.75 Å². The summed E-state index contributed by atoms with van der Waals surface area (Å²) in [7, 11) is 0. The molecule has 2 aromatic carbocycles. The lowest BCUT2D eigenvalue weighted by Gasteiger charge is -2.43. The van der Waals surface area contributed by atoms with E-state index in [9.17, 15) is 4.79 Å². The number of hydrogen-bond acceptors (Lipinski definition) is 4. The van der Waals surface area contributed by atoms with E-state index in [0.717, 1.165) is 68.9 Å². The van der Waals surface area contributed by atoms with Crippen LogP contribution in [0.15, 0.2) is 48.5 Å². The van der Waals surface area contributed by atoms with Gasteiger partial charge in [-0.2, -0.15) is 0 Å². The molecule has 0 radical (unpaired) electrons. The number of piperazine rings is 1. The molecule has 0 aromatic heterocycles. The average Bonchev–Trinajstić information content (AvgIpc) is 2.80. The highest BCUT2D eigenvalue weighted by Gasteiger charge is 2.29. The van der Waals surface area contributed by atoms with Gasteiger partial charge in [0.25, 0.3) is 0 Å². The molecule has 178 valence electrons. The molecule has 2 aliphatic rings. The van der Waals surface area contributed by atoms with Crippen molar-refractivity contribution in [2.24, 2.45) is 0 Å². The van der Waals surface area contributed by atoms with Crippen molar-refractivity contribution in [3.63, 3.8) is 0 Å². The second-order valence-corrected chi connectivity index (χ2v) is 9.63. The second-order valence-electron chi connectivity index (χ2n) is 9.63. The lowest BCUT2D eigenvalue weighted by atomic mass is 9.90. The van der Waals surface area contributed by atoms with E-state index in [-0.39, 0.29) is 18.2 Å². The number of nitrogens with one attached hydrogen (secondary N) is 2. The number of amides is 2.